The number of hydrogen-bond donors (Lipinski definition) is 0. The molecule has 0 unspecified atom stereocenters. The van der Waals surface area contributed by atoms with Crippen molar-refractivity contribution in [1.29, 1.82) is 0 Å². The number of ketones is 1. The first kappa shape index (κ1) is 17.3. The first-order valence-corrected chi connectivity index (χ1v) is 8.61. The molecule has 1 aromatic carbocycles. The molecule has 1 saturated heterocycles. The van der Waals surface area contributed by atoms with Gasteiger partial charge in [-0.3, -0.25) is 4.79 Å². The number of hydrogen-bond acceptors (Lipinski definition) is 3. The number of benzene rings is 1. The molecule has 1 aromatic rings. The van der Waals surface area contributed by atoms with Crippen molar-refractivity contribution in [2.75, 3.05) is 13.1 Å². The van der Waals surface area contributed by atoms with Crippen LogP contribution in [0.25, 0.3) is 0 Å². The lowest BCUT2D eigenvalue weighted by molar-refractivity contribution is -0.120. The molecule has 0 aromatic heterocycles. The number of rotatable bonds is 2. The van der Waals surface area contributed by atoms with Gasteiger partial charge < -0.3 is 0 Å². The van der Waals surface area contributed by atoms with Crippen molar-refractivity contribution in [1.82, 2.24) is 4.31 Å². The minimum Gasteiger partial charge on any atom is -0.300 e. The zero-order valence-corrected chi connectivity index (χ0v) is 13.8. The Labute approximate surface area is 127 Å². The van der Waals surface area contributed by atoms with E-state index < -0.39 is 15.8 Å². The van der Waals surface area contributed by atoms with Crippen LogP contribution in [0.3, 0.4) is 0 Å². The lowest BCUT2D eigenvalue weighted by atomic mass is 10.1. The third-order valence-electron chi connectivity index (χ3n) is 2.79. The summed E-state index contributed by atoms with van der Waals surface area (Å²) in [5.41, 5.74) is 0. The van der Waals surface area contributed by atoms with E-state index in [1.807, 2.05) is 13.8 Å². The maximum absolute atomic E-state index is 13.7. The monoisotopic (exact) mass is 365 g/mol. The van der Waals surface area contributed by atoms with Crippen LogP contribution in [0.4, 0.5) is 4.39 Å². The molecule has 0 bridgehead atoms. The molecule has 4 nitrogen and oxygen atoms in total. The number of carbonyl (C=O) groups is 1. The molecular weight excluding hydrogens is 349 g/mol. The normalized spacial score (nSPS) is 16.5. The smallest absolute Gasteiger partial charge is 0.246 e. The van der Waals surface area contributed by atoms with Crippen molar-refractivity contribution >= 4 is 31.7 Å². The van der Waals surface area contributed by atoms with Gasteiger partial charge in [0, 0.05) is 30.4 Å². The van der Waals surface area contributed by atoms with Crippen LogP contribution in [0, 0.1) is 5.82 Å². The molecule has 0 radical (unpaired) electrons. The van der Waals surface area contributed by atoms with E-state index in [2.05, 4.69) is 15.9 Å². The quantitative estimate of drug-likeness (QED) is 0.809. The Bertz CT molecular complexity index is 579. The molecule has 1 aliphatic heterocycles. The molecule has 0 amide bonds. The molecule has 0 atom stereocenters. The molecule has 1 fully saturated rings. The third-order valence-corrected chi connectivity index (χ3v) is 5.22. The Morgan fingerprint density at radius 3 is 2.25 bits per heavy atom. The second-order valence-corrected chi connectivity index (χ2v) is 6.84. The number of Topliss-reactive ketones (excluding diaryl/α,β-unsaturated/α-hetero) is 1. The number of halogens is 2. The third kappa shape index (κ3) is 3.86. The van der Waals surface area contributed by atoms with Crippen molar-refractivity contribution in [3.63, 3.8) is 0 Å². The lowest BCUT2D eigenvalue weighted by Crippen LogP contribution is -2.38. The Morgan fingerprint density at radius 2 is 1.75 bits per heavy atom. The van der Waals surface area contributed by atoms with Crippen LogP contribution in [-0.4, -0.2) is 31.6 Å². The maximum Gasteiger partial charge on any atom is 0.246 e. The second-order valence-electron chi connectivity index (χ2n) is 4.02. The second kappa shape index (κ2) is 7.28. The van der Waals surface area contributed by atoms with E-state index in [0.717, 1.165) is 10.4 Å². The molecule has 112 valence electrons. The molecule has 20 heavy (non-hydrogen) atoms. The summed E-state index contributed by atoms with van der Waals surface area (Å²) < 4.78 is 39.7. The highest BCUT2D eigenvalue weighted by atomic mass is 79.9. The minimum atomic E-state index is -3.85. The fourth-order valence-corrected chi connectivity index (χ4v) is 3.62. The van der Waals surface area contributed by atoms with Crippen LogP contribution in [0.5, 0.6) is 0 Å². The molecule has 1 aliphatic rings. The van der Waals surface area contributed by atoms with Gasteiger partial charge in [0.05, 0.1) is 0 Å². The number of nitrogens with zero attached hydrogens (tertiary/aromatic N) is 1. The van der Waals surface area contributed by atoms with Gasteiger partial charge >= 0.3 is 0 Å². The SMILES string of the molecule is CC.O=C1CCN(S(=O)(=O)c2ccc(Br)cc2F)CC1. The minimum absolute atomic E-state index is 0.0396. The van der Waals surface area contributed by atoms with Gasteiger partial charge in [-0.1, -0.05) is 29.8 Å². The number of piperidine rings is 1. The van der Waals surface area contributed by atoms with Crippen LogP contribution < -0.4 is 0 Å². The number of sulfonamides is 1. The van der Waals surface area contributed by atoms with Gasteiger partial charge in [0.2, 0.25) is 10.0 Å². The molecule has 0 aliphatic carbocycles. The Morgan fingerprint density at radius 1 is 1.20 bits per heavy atom. The summed E-state index contributed by atoms with van der Waals surface area (Å²) in [6.45, 7) is 4.24. The van der Waals surface area contributed by atoms with E-state index in [4.69, 9.17) is 0 Å². The van der Waals surface area contributed by atoms with Crippen molar-refractivity contribution in [3.05, 3.63) is 28.5 Å². The zero-order valence-electron chi connectivity index (χ0n) is 11.4. The standard InChI is InChI=1S/C11H11BrFNO3S.C2H6/c12-8-1-2-11(10(13)7-8)18(16,17)14-5-3-9(15)4-6-14;1-2/h1-2,7H,3-6H2;1-2H3. The molecule has 0 saturated carbocycles. The van der Waals surface area contributed by atoms with E-state index in [1.165, 1.54) is 12.1 Å². The first-order valence-electron chi connectivity index (χ1n) is 6.38. The summed E-state index contributed by atoms with van der Waals surface area (Å²) in [7, 11) is -3.85. The molecule has 2 rings (SSSR count). The highest BCUT2D eigenvalue weighted by molar-refractivity contribution is 9.10. The van der Waals surface area contributed by atoms with E-state index >= 15 is 0 Å². The maximum atomic E-state index is 13.7. The zero-order chi connectivity index (χ0) is 15.3. The van der Waals surface area contributed by atoms with Crippen LogP contribution >= 0.6 is 15.9 Å². The predicted molar refractivity (Wildman–Crippen MR) is 78.4 cm³/mol. The van der Waals surface area contributed by atoms with Crippen molar-refractivity contribution in [2.24, 2.45) is 0 Å². The van der Waals surface area contributed by atoms with Crippen molar-refractivity contribution in [2.45, 2.75) is 31.6 Å². The van der Waals surface area contributed by atoms with E-state index in [9.17, 15) is 17.6 Å². The van der Waals surface area contributed by atoms with Crippen molar-refractivity contribution in [3.8, 4) is 0 Å². The van der Waals surface area contributed by atoms with Gasteiger partial charge in [0.1, 0.15) is 16.5 Å². The summed E-state index contributed by atoms with van der Waals surface area (Å²) in [5.74, 6) is -0.751. The molecule has 7 heteroatoms. The molecule has 0 spiro atoms. The van der Waals surface area contributed by atoms with Crippen LogP contribution in [0.1, 0.15) is 26.7 Å². The fraction of sp³-hybridized carbons (Fsp3) is 0.462. The molecular formula is C13H17BrFNO3S. The topological polar surface area (TPSA) is 54.5 Å². The Hall–Kier alpha value is -0.790. The van der Waals surface area contributed by atoms with Crippen LogP contribution in [-0.2, 0) is 14.8 Å². The van der Waals surface area contributed by atoms with Crippen LogP contribution in [0.2, 0.25) is 0 Å². The highest BCUT2D eigenvalue weighted by Gasteiger charge is 2.30. The van der Waals surface area contributed by atoms with E-state index in [-0.39, 0.29) is 36.6 Å². The fourth-order valence-electron chi connectivity index (χ4n) is 1.80. The van der Waals surface area contributed by atoms with Gasteiger partial charge in [-0.05, 0) is 18.2 Å². The average Bonchev–Trinajstić information content (AvgIpc) is 2.41. The number of carbonyl (C=O) groups excluding carboxylic acids is 1. The Kier molecular flexibility index (Phi) is 6.29. The lowest BCUT2D eigenvalue weighted by Gasteiger charge is -2.25. The largest absolute Gasteiger partial charge is 0.300 e. The molecule has 0 N–H and O–H groups in total. The van der Waals surface area contributed by atoms with Gasteiger partial charge in [-0.2, -0.15) is 4.31 Å². The first-order chi connectivity index (χ1) is 9.41. The van der Waals surface area contributed by atoms with Gasteiger partial charge in [-0.15, -0.1) is 0 Å². The summed E-state index contributed by atoms with van der Waals surface area (Å²) in [6, 6.07) is 3.82. The summed E-state index contributed by atoms with van der Waals surface area (Å²) >= 11 is 3.07. The van der Waals surface area contributed by atoms with Crippen molar-refractivity contribution < 1.29 is 17.6 Å². The molecule has 1 heterocycles. The van der Waals surface area contributed by atoms with E-state index in [0.29, 0.717) is 4.47 Å². The Balaban J connectivity index is 0.000000956. The average molecular weight is 366 g/mol. The van der Waals surface area contributed by atoms with Gasteiger partial charge in [0.15, 0.2) is 0 Å². The summed E-state index contributed by atoms with van der Waals surface area (Å²) in [6.07, 6.45) is 0.384. The van der Waals surface area contributed by atoms with E-state index in [1.54, 1.807) is 0 Å². The summed E-state index contributed by atoms with van der Waals surface area (Å²) in [5, 5.41) is 0. The summed E-state index contributed by atoms with van der Waals surface area (Å²) in [4.78, 5) is 10.7. The predicted octanol–water partition coefficient (Wildman–Crippen LogP) is 2.97. The van der Waals surface area contributed by atoms with Gasteiger partial charge in [0.25, 0.3) is 0 Å². The van der Waals surface area contributed by atoms with Gasteiger partial charge in [-0.25, -0.2) is 12.8 Å². The highest BCUT2D eigenvalue weighted by Crippen LogP contribution is 2.24. The van der Waals surface area contributed by atoms with Crippen LogP contribution in [0.15, 0.2) is 27.6 Å².